The Balaban J connectivity index is 2.15. The van der Waals surface area contributed by atoms with Crippen LogP contribution in [0.25, 0.3) is 10.8 Å². The molecule has 0 amide bonds. The first kappa shape index (κ1) is 11.4. The Kier molecular flexibility index (Phi) is 2.67. The first-order chi connectivity index (χ1) is 8.71. The lowest BCUT2D eigenvalue weighted by molar-refractivity contribution is -0.125. The van der Waals surface area contributed by atoms with Gasteiger partial charge in [-0.1, -0.05) is 42.5 Å². The van der Waals surface area contributed by atoms with E-state index >= 15 is 0 Å². The summed E-state index contributed by atoms with van der Waals surface area (Å²) in [4.78, 5) is 11.5. The van der Waals surface area contributed by atoms with Crippen LogP contribution in [-0.4, -0.2) is 19.0 Å². The summed E-state index contributed by atoms with van der Waals surface area (Å²) in [6.45, 7) is 2.96. The number of ketones is 1. The van der Waals surface area contributed by atoms with Crippen molar-refractivity contribution in [3.05, 3.63) is 48.0 Å². The smallest absolute Gasteiger partial charge is 0.130 e. The molecule has 0 radical (unpaired) electrons. The number of benzene rings is 2. The zero-order valence-corrected chi connectivity index (χ0v) is 10.5. The van der Waals surface area contributed by atoms with Crippen LogP contribution < -0.4 is 0 Å². The van der Waals surface area contributed by atoms with E-state index in [0.29, 0.717) is 19.6 Å². The van der Waals surface area contributed by atoms with E-state index in [0.717, 1.165) is 0 Å². The summed E-state index contributed by atoms with van der Waals surface area (Å²) in [6.07, 6.45) is 0.570. The minimum Gasteiger partial charge on any atom is -0.379 e. The zero-order valence-electron chi connectivity index (χ0n) is 10.5. The van der Waals surface area contributed by atoms with Gasteiger partial charge in [-0.3, -0.25) is 4.79 Å². The highest BCUT2D eigenvalue weighted by Crippen LogP contribution is 2.39. The van der Waals surface area contributed by atoms with E-state index in [1.165, 1.54) is 16.3 Å². The molecule has 1 heterocycles. The molecule has 1 aliphatic heterocycles. The highest BCUT2D eigenvalue weighted by atomic mass is 16.5. The largest absolute Gasteiger partial charge is 0.379 e. The van der Waals surface area contributed by atoms with Gasteiger partial charge in [0.25, 0.3) is 0 Å². The molecular formula is C16H16O2. The number of hydrogen-bond donors (Lipinski definition) is 0. The van der Waals surface area contributed by atoms with Crippen molar-refractivity contribution in [3.63, 3.8) is 0 Å². The van der Waals surface area contributed by atoms with Crippen LogP contribution in [0.5, 0.6) is 0 Å². The molecule has 0 aliphatic carbocycles. The fraction of sp³-hybridized carbons (Fsp3) is 0.312. The number of ether oxygens (including phenoxy) is 1. The third-order valence-corrected chi connectivity index (χ3v) is 3.71. The number of fused-ring (bicyclic) bond motifs is 1. The molecule has 1 fully saturated rings. The molecule has 1 aliphatic rings. The Morgan fingerprint density at radius 3 is 2.56 bits per heavy atom. The predicted molar refractivity (Wildman–Crippen MR) is 71.7 cm³/mol. The van der Waals surface area contributed by atoms with Gasteiger partial charge in [-0.25, -0.2) is 0 Å². The average Bonchev–Trinajstić information content (AvgIpc) is 2.33. The van der Waals surface area contributed by atoms with Crippen molar-refractivity contribution in [1.82, 2.24) is 0 Å². The summed E-state index contributed by atoms with van der Waals surface area (Å²) in [6, 6.07) is 14.6. The summed E-state index contributed by atoms with van der Waals surface area (Å²) in [5.41, 5.74) is 1.15. The van der Waals surface area contributed by atoms with E-state index in [-0.39, 0.29) is 11.2 Å². The minimum atomic E-state index is -0.104. The molecule has 0 N–H and O–H groups in total. The second-order valence-corrected chi connectivity index (χ2v) is 5.18. The molecule has 0 atom stereocenters. The summed E-state index contributed by atoms with van der Waals surface area (Å²) in [5, 5.41) is 2.47. The number of carbonyl (C=O) groups is 1. The second kappa shape index (κ2) is 4.21. The monoisotopic (exact) mass is 240 g/mol. The number of Topliss-reactive ketones (excluding diaryl/α,β-unsaturated/α-hetero) is 1. The second-order valence-electron chi connectivity index (χ2n) is 5.18. The molecule has 3 rings (SSSR count). The van der Waals surface area contributed by atoms with Crippen molar-refractivity contribution in [1.29, 1.82) is 0 Å². The maximum atomic E-state index is 11.5. The lowest BCUT2D eigenvalue weighted by Crippen LogP contribution is -2.48. The first-order valence-electron chi connectivity index (χ1n) is 6.27. The Bertz CT molecular complexity index is 592. The lowest BCUT2D eigenvalue weighted by Gasteiger charge is -2.42. The fourth-order valence-corrected chi connectivity index (χ4v) is 2.87. The van der Waals surface area contributed by atoms with Crippen molar-refractivity contribution in [2.45, 2.75) is 18.8 Å². The van der Waals surface area contributed by atoms with Gasteiger partial charge < -0.3 is 4.74 Å². The van der Waals surface area contributed by atoms with E-state index in [1.807, 2.05) is 12.1 Å². The van der Waals surface area contributed by atoms with E-state index < -0.39 is 0 Å². The standard InChI is InChI=1S/C16H16O2/c1-12(17)9-16(10-18-11-16)15-8-4-6-13-5-2-3-7-14(13)15/h2-8H,9-11H2,1H3. The number of rotatable bonds is 3. The summed E-state index contributed by atoms with van der Waals surface area (Å²) in [7, 11) is 0. The van der Waals surface area contributed by atoms with Crippen molar-refractivity contribution >= 4 is 16.6 Å². The van der Waals surface area contributed by atoms with Crippen LogP contribution in [0.4, 0.5) is 0 Å². The van der Waals surface area contributed by atoms with Crippen LogP contribution in [-0.2, 0) is 14.9 Å². The quantitative estimate of drug-likeness (QED) is 0.824. The molecule has 0 aromatic heterocycles. The normalized spacial score (nSPS) is 17.4. The Morgan fingerprint density at radius 1 is 1.17 bits per heavy atom. The molecule has 92 valence electrons. The van der Waals surface area contributed by atoms with Gasteiger partial charge >= 0.3 is 0 Å². The van der Waals surface area contributed by atoms with Gasteiger partial charge in [-0.2, -0.15) is 0 Å². The van der Waals surface area contributed by atoms with Gasteiger partial charge in [0.1, 0.15) is 5.78 Å². The minimum absolute atomic E-state index is 0.104. The van der Waals surface area contributed by atoms with Crippen molar-refractivity contribution in [2.75, 3.05) is 13.2 Å². The van der Waals surface area contributed by atoms with E-state index in [4.69, 9.17) is 4.74 Å². The highest BCUT2D eigenvalue weighted by Gasteiger charge is 2.42. The molecule has 2 aromatic rings. The number of hydrogen-bond acceptors (Lipinski definition) is 2. The first-order valence-corrected chi connectivity index (χ1v) is 6.27. The van der Waals surface area contributed by atoms with Gasteiger partial charge in [-0.15, -0.1) is 0 Å². The molecule has 2 aromatic carbocycles. The molecular weight excluding hydrogens is 224 g/mol. The van der Waals surface area contributed by atoms with E-state index in [2.05, 4.69) is 30.3 Å². The van der Waals surface area contributed by atoms with Crippen LogP contribution >= 0.6 is 0 Å². The summed E-state index contributed by atoms with van der Waals surface area (Å²) in [5.74, 6) is 0.228. The molecule has 0 bridgehead atoms. The Labute approximate surface area is 107 Å². The number of carbonyl (C=O) groups excluding carboxylic acids is 1. The van der Waals surface area contributed by atoms with Crippen molar-refractivity contribution in [2.24, 2.45) is 0 Å². The molecule has 0 unspecified atom stereocenters. The summed E-state index contributed by atoms with van der Waals surface area (Å²) >= 11 is 0. The molecule has 0 saturated carbocycles. The third kappa shape index (κ3) is 1.73. The zero-order chi connectivity index (χ0) is 12.6. The molecule has 2 heteroatoms. The maximum Gasteiger partial charge on any atom is 0.130 e. The van der Waals surface area contributed by atoms with Crippen molar-refractivity contribution < 1.29 is 9.53 Å². The Morgan fingerprint density at radius 2 is 1.89 bits per heavy atom. The lowest BCUT2D eigenvalue weighted by atomic mass is 9.73. The average molecular weight is 240 g/mol. The topological polar surface area (TPSA) is 26.3 Å². The van der Waals surface area contributed by atoms with Gasteiger partial charge in [0.05, 0.1) is 13.2 Å². The molecule has 18 heavy (non-hydrogen) atoms. The van der Waals surface area contributed by atoms with Gasteiger partial charge in [0.2, 0.25) is 0 Å². The van der Waals surface area contributed by atoms with Gasteiger partial charge in [-0.05, 0) is 23.3 Å². The molecule has 2 nitrogen and oxygen atoms in total. The summed E-state index contributed by atoms with van der Waals surface area (Å²) < 4.78 is 5.39. The van der Waals surface area contributed by atoms with Crippen LogP contribution in [0.2, 0.25) is 0 Å². The van der Waals surface area contributed by atoms with Crippen LogP contribution in [0.15, 0.2) is 42.5 Å². The van der Waals surface area contributed by atoms with Crippen LogP contribution in [0, 0.1) is 0 Å². The third-order valence-electron chi connectivity index (χ3n) is 3.71. The van der Waals surface area contributed by atoms with Gasteiger partial charge in [0, 0.05) is 11.8 Å². The van der Waals surface area contributed by atoms with E-state index in [9.17, 15) is 4.79 Å². The molecule has 1 saturated heterocycles. The maximum absolute atomic E-state index is 11.5. The fourth-order valence-electron chi connectivity index (χ4n) is 2.87. The predicted octanol–water partition coefficient (Wildman–Crippen LogP) is 3.09. The van der Waals surface area contributed by atoms with Crippen LogP contribution in [0.3, 0.4) is 0 Å². The van der Waals surface area contributed by atoms with Gasteiger partial charge in [0.15, 0.2) is 0 Å². The highest BCUT2D eigenvalue weighted by molar-refractivity contribution is 5.88. The van der Waals surface area contributed by atoms with Crippen LogP contribution in [0.1, 0.15) is 18.9 Å². The van der Waals surface area contributed by atoms with E-state index in [1.54, 1.807) is 6.92 Å². The molecule has 0 spiro atoms. The SMILES string of the molecule is CC(=O)CC1(c2cccc3ccccc23)COC1. The Hall–Kier alpha value is -1.67. The van der Waals surface area contributed by atoms with Crippen molar-refractivity contribution in [3.8, 4) is 0 Å².